The Hall–Kier alpha value is -1.90. The van der Waals surface area contributed by atoms with Crippen molar-refractivity contribution in [1.82, 2.24) is 5.32 Å². The summed E-state index contributed by atoms with van der Waals surface area (Å²) in [4.78, 5) is 31.6. The molecule has 0 saturated carbocycles. The number of carbonyl (C=O) groups is 2. The highest BCUT2D eigenvalue weighted by molar-refractivity contribution is 9.10. The zero-order valence-electron chi connectivity index (χ0n) is 13.4. The summed E-state index contributed by atoms with van der Waals surface area (Å²) >= 11 is 7.99. The molecule has 0 radical (unpaired) electrons. The van der Waals surface area contributed by atoms with Crippen molar-refractivity contribution in [3.05, 3.63) is 61.9 Å². The number of likely N-dealkylation sites (N-methyl/N-ethyl adjacent to an activating group) is 1. The molecule has 0 aliphatic carbocycles. The first-order valence-corrected chi connectivity index (χ1v) is 10.00. The molecule has 2 aliphatic rings. The molecule has 0 unspecified atom stereocenters. The third-order valence-electron chi connectivity index (χ3n) is 4.02. The number of hydrogen-bond acceptors (Lipinski definition) is 4. The van der Waals surface area contributed by atoms with Crippen LogP contribution in [-0.2, 0) is 9.59 Å². The first-order chi connectivity index (χ1) is 12.4. The lowest BCUT2D eigenvalue weighted by Gasteiger charge is -2.08. The van der Waals surface area contributed by atoms with Crippen molar-refractivity contribution < 1.29 is 9.59 Å². The Morgan fingerprint density at radius 3 is 2.46 bits per heavy atom. The maximum atomic E-state index is 12.7. The number of benzene rings is 2. The third-order valence-corrected chi connectivity index (χ3v) is 6.02. The van der Waals surface area contributed by atoms with Gasteiger partial charge in [-0.05, 0) is 54.2 Å². The highest BCUT2D eigenvalue weighted by Crippen LogP contribution is 2.43. The van der Waals surface area contributed by atoms with Crippen LogP contribution in [0.3, 0.4) is 0 Å². The second-order valence-corrected chi connectivity index (χ2v) is 8.51. The summed E-state index contributed by atoms with van der Waals surface area (Å²) in [5.41, 5.74) is 2.66. The van der Waals surface area contributed by atoms with E-state index in [-0.39, 0.29) is 11.8 Å². The standard InChI is InChI=1S/C18H11Br2N3O2S/c1-23-13-7-4-10(20)8-12(13)14(17(23)25)15-16(24)22-18(26-15)21-11-5-2-9(19)3-6-11/h2-8H,1H3,(H,21,22,24)/b15-14+. The average molecular weight is 493 g/mol. The van der Waals surface area contributed by atoms with Crippen LogP contribution in [0.25, 0.3) is 5.57 Å². The number of hydrogen-bond donors (Lipinski definition) is 1. The van der Waals surface area contributed by atoms with Gasteiger partial charge in [0.1, 0.15) is 0 Å². The molecule has 0 bridgehead atoms. The minimum absolute atomic E-state index is 0.194. The Bertz CT molecular complexity index is 1020. The molecule has 130 valence electrons. The maximum Gasteiger partial charge on any atom is 0.264 e. The minimum atomic E-state index is -0.310. The molecule has 2 heterocycles. The van der Waals surface area contributed by atoms with Gasteiger partial charge in [0.05, 0.1) is 21.9 Å². The second kappa shape index (κ2) is 6.68. The molecule has 1 N–H and O–H groups in total. The second-order valence-electron chi connectivity index (χ2n) is 5.68. The van der Waals surface area contributed by atoms with Gasteiger partial charge in [-0.25, -0.2) is 4.99 Å². The van der Waals surface area contributed by atoms with E-state index < -0.39 is 0 Å². The van der Waals surface area contributed by atoms with Gasteiger partial charge in [-0.1, -0.05) is 31.9 Å². The van der Waals surface area contributed by atoms with Gasteiger partial charge < -0.3 is 10.2 Å². The number of aliphatic imine (C=N–C) groups is 1. The quantitative estimate of drug-likeness (QED) is 0.598. The lowest BCUT2D eigenvalue weighted by atomic mass is 10.1. The number of nitrogens with one attached hydrogen (secondary N) is 1. The van der Waals surface area contributed by atoms with Crippen molar-refractivity contribution in [2.75, 3.05) is 11.9 Å². The monoisotopic (exact) mass is 491 g/mol. The smallest absolute Gasteiger partial charge is 0.264 e. The van der Waals surface area contributed by atoms with E-state index in [1.807, 2.05) is 42.5 Å². The molecule has 5 nitrogen and oxygen atoms in total. The van der Waals surface area contributed by atoms with Gasteiger partial charge in [-0.2, -0.15) is 0 Å². The number of carbonyl (C=O) groups excluding carboxylic acids is 2. The lowest BCUT2D eigenvalue weighted by Crippen LogP contribution is -2.23. The zero-order chi connectivity index (χ0) is 18.4. The number of rotatable bonds is 1. The highest BCUT2D eigenvalue weighted by Gasteiger charge is 2.38. The van der Waals surface area contributed by atoms with Gasteiger partial charge in [0.25, 0.3) is 11.8 Å². The minimum Gasteiger partial charge on any atom is -0.311 e. The SMILES string of the molecule is CN1C(=O)/C(=C2/SC(=Nc3ccc(Br)cc3)NC2=O)c2cc(Br)ccc21. The highest BCUT2D eigenvalue weighted by atomic mass is 79.9. The summed E-state index contributed by atoms with van der Waals surface area (Å²) in [6.45, 7) is 0. The first kappa shape index (κ1) is 17.5. The molecular formula is C18H11Br2N3O2S. The predicted octanol–water partition coefficient (Wildman–Crippen LogP) is 4.45. The summed E-state index contributed by atoms with van der Waals surface area (Å²) in [5, 5.41) is 3.20. The molecule has 0 atom stereocenters. The Morgan fingerprint density at radius 2 is 1.73 bits per heavy atom. The van der Waals surface area contributed by atoms with Gasteiger partial charge in [0.2, 0.25) is 0 Å². The van der Waals surface area contributed by atoms with E-state index in [1.54, 1.807) is 11.9 Å². The van der Waals surface area contributed by atoms with Gasteiger partial charge in [-0.15, -0.1) is 0 Å². The van der Waals surface area contributed by atoms with Gasteiger partial charge in [0, 0.05) is 21.6 Å². The van der Waals surface area contributed by atoms with E-state index in [1.165, 1.54) is 11.8 Å². The van der Waals surface area contributed by atoms with Crippen LogP contribution >= 0.6 is 43.6 Å². The molecule has 2 amide bonds. The van der Waals surface area contributed by atoms with E-state index in [9.17, 15) is 9.59 Å². The van der Waals surface area contributed by atoms with Gasteiger partial charge in [-0.3, -0.25) is 9.59 Å². The molecule has 2 aromatic carbocycles. The fourth-order valence-corrected chi connectivity index (χ4v) is 4.34. The topological polar surface area (TPSA) is 61.8 Å². The van der Waals surface area contributed by atoms with Crippen molar-refractivity contribution in [1.29, 1.82) is 0 Å². The molecular weight excluding hydrogens is 482 g/mol. The predicted molar refractivity (Wildman–Crippen MR) is 111 cm³/mol. The van der Waals surface area contributed by atoms with Crippen LogP contribution in [0, 0.1) is 0 Å². The van der Waals surface area contributed by atoms with E-state index in [0.717, 1.165) is 25.9 Å². The van der Waals surface area contributed by atoms with Crippen LogP contribution in [-0.4, -0.2) is 24.0 Å². The normalized spacial score (nSPS) is 20.7. The molecule has 0 aromatic heterocycles. The van der Waals surface area contributed by atoms with Crippen LogP contribution in [0.15, 0.2) is 61.3 Å². The number of halogens is 2. The number of anilines is 1. The zero-order valence-corrected chi connectivity index (χ0v) is 17.4. The Kier molecular flexibility index (Phi) is 4.50. The molecule has 0 spiro atoms. The van der Waals surface area contributed by atoms with Crippen LogP contribution in [0.1, 0.15) is 5.56 Å². The van der Waals surface area contributed by atoms with Crippen molar-refractivity contribution in [2.45, 2.75) is 0 Å². The van der Waals surface area contributed by atoms with Gasteiger partial charge in [0.15, 0.2) is 5.17 Å². The Morgan fingerprint density at radius 1 is 1.04 bits per heavy atom. The summed E-state index contributed by atoms with van der Waals surface area (Å²) in [6.07, 6.45) is 0. The largest absolute Gasteiger partial charge is 0.311 e. The van der Waals surface area contributed by atoms with Crippen molar-refractivity contribution in [3.8, 4) is 0 Å². The van der Waals surface area contributed by atoms with E-state index in [4.69, 9.17) is 0 Å². The Balaban J connectivity index is 1.76. The molecule has 1 fully saturated rings. The number of fused-ring (bicyclic) bond motifs is 1. The van der Waals surface area contributed by atoms with E-state index >= 15 is 0 Å². The average Bonchev–Trinajstić information content (AvgIpc) is 3.07. The first-order valence-electron chi connectivity index (χ1n) is 7.60. The lowest BCUT2D eigenvalue weighted by molar-refractivity contribution is -0.116. The summed E-state index contributed by atoms with van der Waals surface area (Å²) in [5.74, 6) is -0.504. The summed E-state index contributed by atoms with van der Waals surface area (Å²) in [6, 6.07) is 13.0. The van der Waals surface area contributed by atoms with Crippen LogP contribution in [0.4, 0.5) is 11.4 Å². The number of amidine groups is 1. The van der Waals surface area contributed by atoms with Crippen LogP contribution in [0.2, 0.25) is 0 Å². The number of thioether (sulfide) groups is 1. The van der Waals surface area contributed by atoms with Gasteiger partial charge >= 0.3 is 0 Å². The fraction of sp³-hybridized carbons (Fsp3) is 0.0556. The summed E-state index contributed by atoms with van der Waals surface area (Å²) in [7, 11) is 1.71. The molecule has 2 aliphatic heterocycles. The van der Waals surface area contributed by atoms with E-state index in [0.29, 0.717) is 15.6 Å². The molecule has 8 heteroatoms. The van der Waals surface area contributed by atoms with Crippen LogP contribution < -0.4 is 10.2 Å². The molecule has 1 saturated heterocycles. The molecule has 4 rings (SSSR count). The van der Waals surface area contributed by atoms with Crippen molar-refractivity contribution in [2.24, 2.45) is 4.99 Å². The van der Waals surface area contributed by atoms with E-state index in [2.05, 4.69) is 42.2 Å². The third kappa shape index (κ3) is 3.02. The molecule has 26 heavy (non-hydrogen) atoms. The van der Waals surface area contributed by atoms with Crippen molar-refractivity contribution in [3.63, 3.8) is 0 Å². The number of nitrogens with zero attached hydrogens (tertiary/aromatic N) is 2. The number of amides is 2. The summed E-state index contributed by atoms with van der Waals surface area (Å²) < 4.78 is 1.80. The van der Waals surface area contributed by atoms with Crippen LogP contribution in [0.5, 0.6) is 0 Å². The van der Waals surface area contributed by atoms with Crippen molar-refractivity contribution >= 4 is 77.6 Å². The fourth-order valence-electron chi connectivity index (χ4n) is 2.78. The Labute approximate surface area is 170 Å². The maximum absolute atomic E-state index is 12.7. The molecule has 2 aromatic rings.